The zero-order chi connectivity index (χ0) is 13.9. The summed E-state index contributed by atoms with van der Waals surface area (Å²) in [5, 5.41) is 6.46. The first-order valence-electron chi connectivity index (χ1n) is 5.55. The van der Waals surface area contributed by atoms with E-state index >= 15 is 0 Å². The molecule has 0 aliphatic carbocycles. The normalized spacial score (nSPS) is 18.8. The maximum atomic E-state index is 12.4. The lowest BCUT2D eigenvalue weighted by atomic mass is 10.3. The Morgan fingerprint density at radius 2 is 2.30 bits per heavy atom. The van der Waals surface area contributed by atoms with E-state index in [1.54, 1.807) is 7.11 Å². The minimum atomic E-state index is -4.38. The molecule has 1 aromatic rings. The van der Waals surface area contributed by atoms with Crippen LogP contribution in [0.1, 0.15) is 10.7 Å². The van der Waals surface area contributed by atoms with Gasteiger partial charge in [-0.1, -0.05) is 0 Å². The molecule has 2 rings (SSSR count). The first kappa shape index (κ1) is 17.4. The SMILES string of the molecule is COC1CN=C(NCc2csc(C(F)(F)F)n2)NC1.I. The number of guanidine groups is 1. The first-order valence-corrected chi connectivity index (χ1v) is 6.43. The minimum Gasteiger partial charge on any atom is -0.378 e. The highest BCUT2D eigenvalue weighted by Crippen LogP contribution is 2.31. The van der Waals surface area contributed by atoms with Gasteiger partial charge in [0.1, 0.15) is 0 Å². The van der Waals surface area contributed by atoms with Gasteiger partial charge in [-0.2, -0.15) is 13.2 Å². The molecule has 1 aliphatic rings. The minimum absolute atomic E-state index is 0. The monoisotopic (exact) mass is 422 g/mol. The van der Waals surface area contributed by atoms with Crippen LogP contribution in [0.25, 0.3) is 0 Å². The molecule has 1 atom stereocenters. The van der Waals surface area contributed by atoms with E-state index in [2.05, 4.69) is 20.6 Å². The van der Waals surface area contributed by atoms with Crippen molar-refractivity contribution in [2.75, 3.05) is 20.2 Å². The van der Waals surface area contributed by atoms with Crippen LogP contribution in [-0.4, -0.2) is 37.2 Å². The van der Waals surface area contributed by atoms with Crippen molar-refractivity contribution in [3.05, 3.63) is 16.1 Å². The number of hydrogen-bond donors (Lipinski definition) is 2. The molecular formula is C10H14F3IN4OS. The van der Waals surface area contributed by atoms with Gasteiger partial charge in [0.05, 0.1) is 24.9 Å². The van der Waals surface area contributed by atoms with E-state index in [-0.39, 0.29) is 36.6 Å². The second-order valence-corrected chi connectivity index (χ2v) is 4.78. The third-order valence-electron chi connectivity index (χ3n) is 2.51. The van der Waals surface area contributed by atoms with Gasteiger partial charge >= 0.3 is 6.18 Å². The number of thiazole rings is 1. The highest BCUT2D eigenvalue weighted by molar-refractivity contribution is 14.0. The van der Waals surface area contributed by atoms with Gasteiger partial charge in [0.2, 0.25) is 0 Å². The van der Waals surface area contributed by atoms with Crippen molar-refractivity contribution in [1.82, 2.24) is 15.6 Å². The van der Waals surface area contributed by atoms with Gasteiger partial charge in [-0.25, -0.2) is 4.98 Å². The van der Waals surface area contributed by atoms with Crippen LogP contribution in [0.15, 0.2) is 10.4 Å². The lowest BCUT2D eigenvalue weighted by Crippen LogP contribution is -2.46. The number of nitrogens with one attached hydrogen (secondary N) is 2. The molecule has 2 heterocycles. The Morgan fingerprint density at radius 1 is 1.55 bits per heavy atom. The first-order chi connectivity index (χ1) is 8.99. The summed E-state index contributed by atoms with van der Waals surface area (Å²) < 4.78 is 42.2. The predicted molar refractivity (Wildman–Crippen MR) is 80.5 cm³/mol. The van der Waals surface area contributed by atoms with Gasteiger partial charge in [-0.15, -0.1) is 35.3 Å². The smallest absolute Gasteiger partial charge is 0.378 e. The molecule has 2 N–H and O–H groups in total. The summed E-state index contributed by atoms with van der Waals surface area (Å²) in [5.74, 6) is 0.551. The van der Waals surface area contributed by atoms with Gasteiger partial charge in [0.15, 0.2) is 11.0 Å². The molecule has 0 fully saturated rings. The van der Waals surface area contributed by atoms with Crippen LogP contribution in [-0.2, 0) is 17.5 Å². The Hall–Kier alpha value is -0.620. The number of hydrogen-bond acceptors (Lipinski definition) is 6. The predicted octanol–water partition coefficient (Wildman–Crippen LogP) is 1.84. The van der Waals surface area contributed by atoms with E-state index in [0.717, 1.165) is 0 Å². The van der Waals surface area contributed by atoms with Crippen molar-refractivity contribution in [1.29, 1.82) is 0 Å². The number of aromatic nitrogens is 1. The number of halogens is 4. The van der Waals surface area contributed by atoms with Crippen LogP contribution in [0.2, 0.25) is 0 Å². The Morgan fingerprint density at radius 3 is 2.80 bits per heavy atom. The number of methoxy groups -OCH3 is 1. The van der Waals surface area contributed by atoms with Gasteiger partial charge in [0, 0.05) is 19.0 Å². The summed E-state index contributed by atoms with van der Waals surface area (Å²) in [6.07, 6.45) is -4.35. The van der Waals surface area contributed by atoms with E-state index in [4.69, 9.17) is 4.74 Å². The van der Waals surface area contributed by atoms with Crippen molar-refractivity contribution >= 4 is 41.3 Å². The molecule has 1 unspecified atom stereocenters. The lowest BCUT2D eigenvalue weighted by molar-refractivity contribution is -0.137. The van der Waals surface area contributed by atoms with Crippen LogP contribution >= 0.6 is 35.3 Å². The van der Waals surface area contributed by atoms with Gasteiger partial charge in [-0.3, -0.25) is 4.99 Å². The van der Waals surface area contributed by atoms with Crippen LogP contribution in [0.5, 0.6) is 0 Å². The molecule has 1 aliphatic heterocycles. The molecule has 0 saturated heterocycles. The highest BCUT2D eigenvalue weighted by Gasteiger charge is 2.34. The fourth-order valence-corrected chi connectivity index (χ4v) is 2.18. The Bertz CT molecular complexity index is 466. The lowest BCUT2D eigenvalue weighted by Gasteiger charge is -2.22. The average molecular weight is 422 g/mol. The molecule has 0 spiro atoms. The average Bonchev–Trinajstić information content (AvgIpc) is 2.86. The van der Waals surface area contributed by atoms with E-state index in [9.17, 15) is 13.2 Å². The van der Waals surface area contributed by atoms with Crippen molar-refractivity contribution < 1.29 is 17.9 Å². The van der Waals surface area contributed by atoms with Crippen molar-refractivity contribution in [3.63, 3.8) is 0 Å². The number of aliphatic imine (C=N–C) groups is 1. The second-order valence-electron chi connectivity index (χ2n) is 3.92. The quantitative estimate of drug-likeness (QED) is 0.731. The zero-order valence-corrected chi connectivity index (χ0v) is 13.7. The number of nitrogens with zero attached hydrogens (tertiary/aromatic N) is 2. The molecule has 0 bridgehead atoms. The third kappa shape index (κ3) is 4.74. The Balaban J connectivity index is 0.00000200. The molecule has 20 heavy (non-hydrogen) atoms. The number of alkyl halides is 3. The van der Waals surface area contributed by atoms with E-state index in [1.807, 2.05) is 0 Å². The summed E-state index contributed by atoms with van der Waals surface area (Å²) in [7, 11) is 1.61. The maximum Gasteiger partial charge on any atom is 0.443 e. The molecule has 5 nitrogen and oxygen atoms in total. The molecule has 1 aromatic heterocycles. The van der Waals surface area contributed by atoms with Gasteiger partial charge < -0.3 is 15.4 Å². The van der Waals surface area contributed by atoms with Crippen LogP contribution in [0.3, 0.4) is 0 Å². The Kier molecular flexibility index (Phi) is 6.45. The van der Waals surface area contributed by atoms with Crippen molar-refractivity contribution in [2.24, 2.45) is 4.99 Å². The van der Waals surface area contributed by atoms with Crippen LogP contribution in [0.4, 0.5) is 13.2 Å². The summed E-state index contributed by atoms with van der Waals surface area (Å²) in [6.45, 7) is 1.35. The van der Waals surface area contributed by atoms with Crippen LogP contribution in [0, 0.1) is 0 Å². The van der Waals surface area contributed by atoms with Gasteiger partial charge in [0.25, 0.3) is 0 Å². The fraction of sp³-hybridized carbons (Fsp3) is 0.600. The van der Waals surface area contributed by atoms with Crippen molar-refractivity contribution in [3.8, 4) is 0 Å². The molecule has 0 radical (unpaired) electrons. The van der Waals surface area contributed by atoms with E-state index in [0.29, 0.717) is 36.1 Å². The molecule has 0 amide bonds. The van der Waals surface area contributed by atoms with E-state index < -0.39 is 11.2 Å². The Labute approximate surface area is 135 Å². The largest absolute Gasteiger partial charge is 0.443 e. The second kappa shape index (κ2) is 7.41. The standard InChI is InChI=1S/C10H13F3N4OS.HI/c1-18-7-3-15-9(16-4-7)14-2-6-5-19-8(17-6)10(11,12)13;/h5,7H,2-4H2,1H3,(H2,14,15,16);1H. The molecule has 0 aromatic carbocycles. The topological polar surface area (TPSA) is 58.5 Å². The summed E-state index contributed by atoms with van der Waals surface area (Å²) in [4.78, 5) is 7.70. The van der Waals surface area contributed by atoms with Crippen LogP contribution < -0.4 is 10.6 Å². The third-order valence-corrected chi connectivity index (χ3v) is 3.45. The molecular weight excluding hydrogens is 408 g/mol. The highest BCUT2D eigenvalue weighted by atomic mass is 127. The maximum absolute atomic E-state index is 12.4. The summed E-state index contributed by atoms with van der Waals surface area (Å²) in [6, 6.07) is 0. The molecule has 114 valence electrons. The number of rotatable bonds is 3. The summed E-state index contributed by atoms with van der Waals surface area (Å²) >= 11 is 0.591. The number of ether oxygens (including phenoxy) is 1. The zero-order valence-electron chi connectivity index (χ0n) is 10.5. The molecule has 10 heteroatoms. The fourth-order valence-electron chi connectivity index (χ4n) is 1.49. The van der Waals surface area contributed by atoms with E-state index in [1.165, 1.54) is 5.38 Å². The van der Waals surface area contributed by atoms with Gasteiger partial charge in [-0.05, 0) is 0 Å². The summed E-state index contributed by atoms with van der Waals surface area (Å²) in [5.41, 5.74) is 0.343. The van der Waals surface area contributed by atoms with Crippen molar-refractivity contribution in [2.45, 2.75) is 18.8 Å². The molecule has 0 saturated carbocycles.